The van der Waals surface area contributed by atoms with Gasteiger partial charge in [-0.05, 0) is 60.6 Å². The predicted molar refractivity (Wildman–Crippen MR) is 115 cm³/mol. The molecule has 156 valence electrons. The largest absolute Gasteiger partial charge is 0.346 e. The Kier molecular flexibility index (Phi) is 6.15. The van der Waals surface area contributed by atoms with Crippen LogP contribution < -0.4 is 5.32 Å². The van der Waals surface area contributed by atoms with Crippen molar-refractivity contribution in [3.63, 3.8) is 0 Å². The molecule has 1 aliphatic rings. The molecule has 5 nitrogen and oxygen atoms in total. The molecule has 2 aromatic rings. The molecule has 1 saturated heterocycles. The van der Waals surface area contributed by atoms with E-state index in [1.165, 1.54) is 22.0 Å². The van der Waals surface area contributed by atoms with E-state index in [0.717, 1.165) is 18.4 Å². The standard InChI is InChI=1S/C23H30N2O3S/c1-17(18-7-11-20(12-8-18)23(2,3)4)24-22(26)19-9-13-21(14-10-19)29(27,28)25-15-5-6-16-25/h7-14,17H,5-6,15-16H2,1-4H3,(H,24,26)/t17-/m0/s1. The number of nitrogens with one attached hydrogen (secondary N) is 1. The Morgan fingerprint density at radius 1 is 0.966 bits per heavy atom. The average Bonchev–Trinajstić information content (AvgIpc) is 3.23. The van der Waals surface area contributed by atoms with E-state index in [9.17, 15) is 13.2 Å². The first-order valence-electron chi connectivity index (χ1n) is 10.1. The quantitative estimate of drug-likeness (QED) is 0.795. The summed E-state index contributed by atoms with van der Waals surface area (Å²) in [5.41, 5.74) is 2.81. The summed E-state index contributed by atoms with van der Waals surface area (Å²) in [6.07, 6.45) is 1.79. The minimum Gasteiger partial charge on any atom is -0.346 e. The van der Waals surface area contributed by atoms with Gasteiger partial charge in [-0.3, -0.25) is 4.79 Å². The van der Waals surface area contributed by atoms with Crippen LogP contribution in [0.1, 0.15) is 68.1 Å². The lowest BCUT2D eigenvalue weighted by atomic mass is 9.86. The Labute approximate surface area is 174 Å². The van der Waals surface area contributed by atoms with Crippen molar-refractivity contribution in [1.82, 2.24) is 9.62 Å². The van der Waals surface area contributed by atoms with E-state index in [2.05, 4.69) is 38.2 Å². The second kappa shape index (κ2) is 8.28. The van der Waals surface area contributed by atoms with Crippen molar-refractivity contribution in [1.29, 1.82) is 0 Å². The van der Waals surface area contributed by atoms with Gasteiger partial charge in [-0.2, -0.15) is 4.31 Å². The van der Waals surface area contributed by atoms with E-state index in [0.29, 0.717) is 18.7 Å². The summed E-state index contributed by atoms with van der Waals surface area (Å²) in [5.74, 6) is -0.220. The van der Waals surface area contributed by atoms with Crippen molar-refractivity contribution in [2.75, 3.05) is 13.1 Å². The SMILES string of the molecule is C[C@H](NC(=O)c1ccc(S(=O)(=O)N2CCCC2)cc1)c1ccc(C(C)(C)C)cc1. The first kappa shape index (κ1) is 21.5. The maximum absolute atomic E-state index is 12.6. The van der Waals surface area contributed by atoms with Gasteiger partial charge in [0.1, 0.15) is 0 Å². The maximum atomic E-state index is 12.6. The molecule has 1 N–H and O–H groups in total. The molecule has 29 heavy (non-hydrogen) atoms. The fourth-order valence-electron chi connectivity index (χ4n) is 3.49. The van der Waals surface area contributed by atoms with Gasteiger partial charge in [0.25, 0.3) is 5.91 Å². The highest BCUT2D eigenvalue weighted by Crippen LogP contribution is 2.24. The zero-order valence-corrected chi connectivity index (χ0v) is 18.4. The Hall–Kier alpha value is -2.18. The van der Waals surface area contributed by atoms with Crippen molar-refractivity contribution >= 4 is 15.9 Å². The van der Waals surface area contributed by atoms with Gasteiger partial charge in [0.15, 0.2) is 0 Å². The van der Waals surface area contributed by atoms with Crippen molar-refractivity contribution in [2.45, 2.75) is 56.9 Å². The molecule has 0 aliphatic carbocycles. The molecule has 1 atom stereocenters. The summed E-state index contributed by atoms with van der Waals surface area (Å²) in [7, 11) is -3.46. The molecule has 0 spiro atoms. The van der Waals surface area contributed by atoms with Crippen LogP contribution in [0.4, 0.5) is 0 Å². The van der Waals surface area contributed by atoms with Gasteiger partial charge in [0, 0.05) is 18.7 Å². The Balaban J connectivity index is 1.67. The molecule has 1 aliphatic heterocycles. The number of hydrogen-bond donors (Lipinski definition) is 1. The zero-order chi connectivity index (χ0) is 21.2. The molecule has 1 amide bonds. The van der Waals surface area contributed by atoms with Crippen LogP contribution in [0.5, 0.6) is 0 Å². The van der Waals surface area contributed by atoms with Crippen LogP contribution >= 0.6 is 0 Å². The van der Waals surface area contributed by atoms with Gasteiger partial charge in [0.2, 0.25) is 10.0 Å². The van der Waals surface area contributed by atoms with E-state index in [4.69, 9.17) is 0 Å². The average molecular weight is 415 g/mol. The Bertz CT molecular complexity index is 953. The summed E-state index contributed by atoms with van der Waals surface area (Å²) < 4.78 is 26.7. The lowest BCUT2D eigenvalue weighted by molar-refractivity contribution is 0.0939. The van der Waals surface area contributed by atoms with Gasteiger partial charge in [0.05, 0.1) is 10.9 Å². The summed E-state index contributed by atoms with van der Waals surface area (Å²) in [6.45, 7) is 9.57. The van der Waals surface area contributed by atoms with E-state index in [-0.39, 0.29) is 22.3 Å². The first-order valence-corrected chi connectivity index (χ1v) is 11.5. The molecule has 0 aromatic heterocycles. The van der Waals surface area contributed by atoms with Crippen LogP contribution in [0.3, 0.4) is 0 Å². The third-order valence-corrected chi connectivity index (χ3v) is 7.36. The molecule has 1 fully saturated rings. The van der Waals surface area contributed by atoms with Gasteiger partial charge in [-0.25, -0.2) is 8.42 Å². The number of carbonyl (C=O) groups is 1. The lowest BCUT2D eigenvalue weighted by Crippen LogP contribution is -2.28. The predicted octanol–water partition coefficient (Wildman–Crippen LogP) is 4.26. The van der Waals surface area contributed by atoms with Gasteiger partial charge in [-0.1, -0.05) is 45.0 Å². The summed E-state index contributed by atoms with van der Waals surface area (Å²) in [6, 6.07) is 14.3. The van der Waals surface area contributed by atoms with Gasteiger partial charge >= 0.3 is 0 Å². The zero-order valence-electron chi connectivity index (χ0n) is 17.6. The third-order valence-electron chi connectivity index (χ3n) is 5.44. The highest BCUT2D eigenvalue weighted by Gasteiger charge is 2.27. The molecular weight excluding hydrogens is 384 g/mol. The monoisotopic (exact) mass is 414 g/mol. The number of hydrogen-bond acceptors (Lipinski definition) is 3. The van der Waals surface area contributed by atoms with Gasteiger partial charge in [-0.15, -0.1) is 0 Å². The second-order valence-corrected chi connectivity index (χ2v) is 10.6. The molecule has 0 bridgehead atoms. The second-order valence-electron chi connectivity index (χ2n) is 8.70. The number of benzene rings is 2. The molecule has 0 saturated carbocycles. The summed E-state index contributed by atoms with van der Waals surface area (Å²) in [5, 5.41) is 2.99. The smallest absolute Gasteiger partial charge is 0.251 e. The molecule has 6 heteroatoms. The highest BCUT2D eigenvalue weighted by molar-refractivity contribution is 7.89. The molecule has 0 radical (unpaired) electrons. The molecular formula is C23H30N2O3S. The molecule has 3 rings (SSSR count). The third kappa shape index (κ3) is 4.87. The van der Waals surface area contributed by atoms with Crippen LogP contribution in [0.15, 0.2) is 53.4 Å². The number of amides is 1. The van der Waals surface area contributed by atoms with E-state index in [1.807, 2.05) is 19.1 Å². The van der Waals surface area contributed by atoms with E-state index in [1.54, 1.807) is 12.1 Å². The van der Waals surface area contributed by atoms with Crippen LogP contribution in [-0.4, -0.2) is 31.7 Å². The van der Waals surface area contributed by atoms with Crippen LogP contribution in [0.2, 0.25) is 0 Å². The normalized spacial score (nSPS) is 16.6. The topological polar surface area (TPSA) is 66.5 Å². The number of rotatable bonds is 5. The van der Waals surface area contributed by atoms with Crippen LogP contribution in [0.25, 0.3) is 0 Å². The van der Waals surface area contributed by atoms with Crippen LogP contribution in [0, 0.1) is 0 Å². The minimum atomic E-state index is -3.46. The van der Waals surface area contributed by atoms with Crippen LogP contribution in [-0.2, 0) is 15.4 Å². The molecule has 0 unspecified atom stereocenters. The van der Waals surface area contributed by atoms with Crippen molar-refractivity contribution in [3.05, 3.63) is 65.2 Å². The molecule has 1 heterocycles. The molecule has 2 aromatic carbocycles. The first-order chi connectivity index (χ1) is 13.6. The van der Waals surface area contributed by atoms with Crippen molar-refractivity contribution in [2.24, 2.45) is 0 Å². The summed E-state index contributed by atoms with van der Waals surface area (Å²) in [4.78, 5) is 12.8. The van der Waals surface area contributed by atoms with Crippen molar-refractivity contribution in [3.8, 4) is 0 Å². The Morgan fingerprint density at radius 2 is 1.52 bits per heavy atom. The highest BCUT2D eigenvalue weighted by atomic mass is 32.2. The maximum Gasteiger partial charge on any atom is 0.251 e. The fraction of sp³-hybridized carbons (Fsp3) is 0.435. The van der Waals surface area contributed by atoms with E-state index < -0.39 is 10.0 Å². The summed E-state index contributed by atoms with van der Waals surface area (Å²) >= 11 is 0. The fourth-order valence-corrected chi connectivity index (χ4v) is 5.01. The van der Waals surface area contributed by atoms with E-state index >= 15 is 0 Å². The number of sulfonamides is 1. The van der Waals surface area contributed by atoms with Gasteiger partial charge < -0.3 is 5.32 Å². The minimum absolute atomic E-state index is 0.0855. The van der Waals surface area contributed by atoms with Crippen molar-refractivity contribution < 1.29 is 13.2 Å². The number of carbonyl (C=O) groups excluding carboxylic acids is 1. The number of nitrogens with zero attached hydrogens (tertiary/aromatic N) is 1. The Morgan fingerprint density at radius 3 is 2.03 bits per heavy atom. The lowest BCUT2D eigenvalue weighted by Gasteiger charge is -2.21.